The second-order valence-electron chi connectivity index (χ2n) is 6.50. The maximum Gasteiger partial charge on any atom is 0.250 e. The van der Waals surface area contributed by atoms with Gasteiger partial charge in [-0.1, -0.05) is 18.2 Å². The lowest BCUT2D eigenvalue weighted by molar-refractivity contribution is -0.111. The van der Waals surface area contributed by atoms with Crippen LogP contribution in [-0.4, -0.2) is 24.6 Å². The number of benzene rings is 2. The van der Waals surface area contributed by atoms with Crippen molar-refractivity contribution in [3.63, 3.8) is 0 Å². The molecule has 0 unspecified atom stereocenters. The number of aromatic nitrogens is 1. The number of aryl methyl sites for hydroxylation is 2. The van der Waals surface area contributed by atoms with E-state index in [1.807, 2.05) is 36.6 Å². The van der Waals surface area contributed by atoms with Gasteiger partial charge in [0.15, 0.2) is 16.6 Å². The van der Waals surface area contributed by atoms with Crippen LogP contribution in [0.1, 0.15) is 23.6 Å². The normalized spacial score (nSPS) is 10.9. The average molecular weight is 409 g/mol. The van der Waals surface area contributed by atoms with Gasteiger partial charge in [0.2, 0.25) is 5.91 Å². The summed E-state index contributed by atoms with van der Waals surface area (Å²) in [5.74, 6) is 1.07. The van der Waals surface area contributed by atoms with Crippen LogP contribution in [-0.2, 0) is 4.79 Å². The van der Waals surface area contributed by atoms with Gasteiger partial charge in [-0.25, -0.2) is 4.98 Å². The third kappa shape index (κ3) is 5.23. The van der Waals surface area contributed by atoms with E-state index < -0.39 is 0 Å². The predicted octanol–water partition coefficient (Wildman–Crippen LogP) is 5.49. The average Bonchev–Trinajstić information content (AvgIpc) is 3.17. The molecule has 2 aromatic carbocycles. The number of nitrogens with one attached hydrogen (secondary N) is 1. The zero-order valence-electron chi connectivity index (χ0n) is 17.0. The largest absolute Gasteiger partial charge is 0.493 e. The standard InChI is InChI=1S/C23H24N2O3S/c1-5-28-20-10-7-17(13-21(20)27-4)8-11-22(26)25-23-24-19(14-29-23)18-9-6-15(2)16(3)12-18/h6-14H,5H2,1-4H3,(H,24,25,26)/b11-8+. The van der Waals surface area contributed by atoms with Crippen molar-refractivity contribution in [1.82, 2.24) is 4.98 Å². The minimum atomic E-state index is -0.237. The van der Waals surface area contributed by atoms with Gasteiger partial charge in [0.05, 0.1) is 19.4 Å². The quantitative estimate of drug-likeness (QED) is 0.526. The molecule has 3 rings (SSSR count). The van der Waals surface area contributed by atoms with Gasteiger partial charge >= 0.3 is 0 Å². The van der Waals surface area contributed by atoms with Crippen molar-refractivity contribution in [1.29, 1.82) is 0 Å². The highest BCUT2D eigenvalue weighted by atomic mass is 32.1. The Morgan fingerprint density at radius 1 is 1.14 bits per heavy atom. The Kier molecular flexibility index (Phi) is 6.67. The van der Waals surface area contributed by atoms with E-state index >= 15 is 0 Å². The number of carbonyl (C=O) groups is 1. The fourth-order valence-corrected chi connectivity index (χ4v) is 3.47. The molecular weight excluding hydrogens is 384 g/mol. The zero-order chi connectivity index (χ0) is 20.8. The van der Waals surface area contributed by atoms with Gasteiger partial charge in [0, 0.05) is 17.0 Å². The van der Waals surface area contributed by atoms with E-state index in [4.69, 9.17) is 9.47 Å². The molecule has 0 fully saturated rings. The van der Waals surface area contributed by atoms with Crippen molar-refractivity contribution in [3.05, 3.63) is 64.5 Å². The van der Waals surface area contributed by atoms with Crippen LogP contribution in [0, 0.1) is 13.8 Å². The summed E-state index contributed by atoms with van der Waals surface area (Å²) in [5, 5.41) is 5.33. The molecule has 1 heterocycles. The lowest BCUT2D eigenvalue weighted by Gasteiger charge is -2.09. The zero-order valence-corrected chi connectivity index (χ0v) is 17.8. The summed E-state index contributed by atoms with van der Waals surface area (Å²) in [6.07, 6.45) is 3.21. The Bertz CT molecular complexity index is 1040. The number of methoxy groups -OCH3 is 1. The van der Waals surface area contributed by atoms with E-state index in [0.29, 0.717) is 23.2 Å². The second-order valence-corrected chi connectivity index (χ2v) is 7.36. The first-order valence-electron chi connectivity index (χ1n) is 9.33. The minimum absolute atomic E-state index is 0.237. The summed E-state index contributed by atoms with van der Waals surface area (Å²) >= 11 is 1.40. The topological polar surface area (TPSA) is 60.5 Å². The van der Waals surface area contributed by atoms with Gasteiger partial charge in [-0.15, -0.1) is 11.3 Å². The number of carbonyl (C=O) groups excluding carboxylic acids is 1. The molecule has 0 spiro atoms. The summed E-state index contributed by atoms with van der Waals surface area (Å²) in [7, 11) is 1.59. The number of amides is 1. The number of rotatable bonds is 7. The van der Waals surface area contributed by atoms with Crippen LogP contribution in [0.15, 0.2) is 47.9 Å². The fraction of sp³-hybridized carbons (Fsp3) is 0.217. The van der Waals surface area contributed by atoms with Gasteiger partial charge in [0.25, 0.3) is 0 Å². The summed E-state index contributed by atoms with van der Waals surface area (Å²) in [6, 6.07) is 11.8. The molecule has 0 aliphatic carbocycles. The van der Waals surface area contributed by atoms with Crippen LogP contribution in [0.4, 0.5) is 5.13 Å². The van der Waals surface area contributed by atoms with Gasteiger partial charge in [0.1, 0.15) is 0 Å². The van der Waals surface area contributed by atoms with Crippen molar-refractivity contribution >= 4 is 28.5 Å². The third-order valence-electron chi connectivity index (χ3n) is 4.45. The van der Waals surface area contributed by atoms with Crippen molar-refractivity contribution in [2.45, 2.75) is 20.8 Å². The molecule has 0 aliphatic heterocycles. The number of hydrogen-bond acceptors (Lipinski definition) is 5. The van der Waals surface area contributed by atoms with E-state index in [2.05, 4.69) is 36.3 Å². The Balaban J connectivity index is 1.66. The highest BCUT2D eigenvalue weighted by molar-refractivity contribution is 7.14. The Morgan fingerprint density at radius 2 is 1.97 bits per heavy atom. The van der Waals surface area contributed by atoms with Crippen LogP contribution >= 0.6 is 11.3 Å². The second kappa shape index (κ2) is 9.39. The first-order chi connectivity index (χ1) is 14.0. The molecule has 0 atom stereocenters. The van der Waals surface area contributed by atoms with Crippen molar-refractivity contribution in [2.75, 3.05) is 19.0 Å². The molecule has 0 aliphatic rings. The van der Waals surface area contributed by atoms with Crippen molar-refractivity contribution in [3.8, 4) is 22.8 Å². The van der Waals surface area contributed by atoms with E-state index in [9.17, 15) is 4.79 Å². The fourth-order valence-electron chi connectivity index (χ4n) is 2.75. The number of anilines is 1. The van der Waals surface area contributed by atoms with Gasteiger partial charge in [-0.2, -0.15) is 0 Å². The lowest BCUT2D eigenvalue weighted by atomic mass is 10.1. The SMILES string of the molecule is CCOc1ccc(/C=C/C(=O)Nc2nc(-c3ccc(C)c(C)c3)cs2)cc1OC. The summed E-state index contributed by atoms with van der Waals surface area (Å²) in [5.41, 5.74) is 5.20. The van der Waals surface area contributed by atoms with Gasteiger partial charge < -0.3 is 9.47 Å². The molecule has 0 saturated heterocycles. The van der Waals surface area contributed by atoms with Gasteiger partial charge in [-0.05, 0) is 61.7 Å². The number of nitrogens with zero attached hydrogens (tertiary/aromatic N) is 1. The molecule has 5 nitrogen and oxygen atoms in total. The first-order valence-corrected chi connectivity index (χ1v) is 10.2. The molecule has 3 aromatic rings. The van der Waals surface area contributed by atoms with E-state index in [-0.39, 0.29) is 5.91 Å². The molecular formula is C23H24N2O3S. The molecule has 1 amide bonds. The highest BCUT2D eigenvalue weighted by Gasteiger charge is 2.08. The molecule has 0 bridgehead atoms. The van der Waals surface area contributed by atoms with Crippen LogP contribution in [0.5, 0.6) is 11.5 Å². The molecule has 0 saturated carbocycles. The van der Waals surface area contributed by atoms with Crippen molar-refractivity contribution in [2.24, 2.45) is 0 Å². The summed E-state index contributed by atoms with van der Waals surface area (Å²) in [4.78, 5) is 16.8. The molecule has 29 heavy (non-hydrogen) atoms. The molecule has 1 N–H and O–H groups in total. The Labute approximate surface area is 175 Å². The Hall–Kier alpha value is -3.12. The predicted molar refractivity (Wildman–Crippen MR) is 119 cm³/mol. The highest BCUT2D eigenvalue weighted by Crippen LogP contribution is 2.29. The molecule has 6 heteroatoms. The summed E-state index contributed by atoms with van der Waals surface area (Å²) in [6.45, 7) is 6.64. The van der Waals surface area contributed by atoms with E-state index in [0.717, 1.165) is 16.8 Å². The lowest BCUT2D eigenvalue weighted by Crippen LogP contribution is -2.07. The minimum Gasteiger partial charge on any atom is -0.493 e. The third-order valence-corrected chi connectivity index (χ3v) is 5.21. The number of ether oxygens (including phenoxy) is 2. The molecule has 150 valence electrons. The smallest absolute Gasteiger partial charge is 0.250 e. The Morgan fingerprint density at radius 3 is 2.69 bits per heavy atom. The van der Waals surface area contributed by atoms with Crippen molar-refractivity contribution < 1.29 is 14.3 Å². The van der Waals surface area contributed by atoms with Crippen LogP contribution in [0.25, 0.3) is 17.3 Å². The van der Waals surface area contributed by atoms with E-state index in [1.54, 1.807) is 13.2 Å². The van der Waals surface area contributed by atoms with Crippen LogP contribution in [0.3, 0.4) is 0 Å². The van der Waals surface area contributed by atoms with Crippen LogP contribution in [0.2, 0.25) is 0 Å². The number of thiazole rings is 1. The number of hydrogen-bond donors (Lipinski definition) is 1. The maximum absolute atomic E-state index is 12.3. The van der Waals surface area contributed by atoms with E-state index in [1.165, 1.54) is 28.5 Å². The first kappa shape index (κ1) is 20.6. The van der Waals surface area contributed by atoms with Crippen LogP contribution < -0.4 is 14.8 Å². The summed E-state index contributed by atoms with van der Waals surface area (Å²) < 4.78 is 10.8. The molecule has 1 aromatic heterocycles. The maximum atomic E-state index is 12.3. The monoisotopic (exact) mass is 408 g/mol. The van der Waals surface area contributed by atoms with Gasteiger partial charge in [-0.3, -0.25) is 10.1 Å². The molecule has 0 radical (unpaired) electrons.